The molecule has 0 fully saturated rings. The lowest BCUT2D eigenvalue weighted by Crippen LogP contribution is -2.35. The van der Waals surface area contributed by atoms with Crippen molar-refractivity contribution in [3.05, 3.63) is 41.5 Å². The van der Waals surface area contributed by atoms with Gasteiger partial charge in [0.1, 0.15) is 0 Å². The third kappa shape index (κ3) is 6.90. The summed E-state index contributed by atoms with van der Waals surface area (Å²) in [6.07, 6.45) is 4.99. The fourth-order valence-electron chi connectivity index (χ4n) is 2.35. The Morgan fingerprint density at radius 1 is 1.14 bits per heavy atom. The Hall–Kier alpha value is -1.61. The lowest BCUT2D eigenvalue weighted by atomic mass is 10.0. The molecule has 1 aromatic rings. The van der Waals surface area contributed by atoms with Gasteiger partial charge in [0, 0.05) is 18.7 Å². The number of nitrogens with zero attached hydrogens (tertiary/aromatic N) is 1. The van der Waals surface area contributed by atoms with Gasteiger partial charge in [0.2, 0.25) is 5.91 Å². The summed E-state index contributed by atoms with van der Waals surface area (Å²) < 4.78 is 0. The lowest BCUT2D eigenvalue weighted by Gasteiger charge is -2.18. The van der Waals surface area contributed by atoms with Crippen molar-refractivity contribution < 1.29 is 4.79 Å². The van der Waals surface area contributed by atoms with Gasteiger partial charge >= 0.3 is 0 Å². The maximum absolute atomic E-state index is 12.4. The van der Waals surface area contributed by atoms with E-state index in [-0.39, 0.29) is 5.91 Å². The van der Waals surface area contributed by atoms with Crippen LogP contribution in [0.5, 0.6) is 0 Å². The minimum absolute atomic E-state index is 0.0736. The van der Waals surface area contributed by atoms with Crippen molar-refractivity contribution >= 4 is 12.0 Å². The van der Waals surface area contributed by atoms with Crippen LogP contribution < -0.4 is 5.32 Å². The first-order valence-electron chi connectivity index (χ1n) is 8.47. The molecule has 0 spiro atoms. The zero-order valence-electron chi connectivity index (χ0n) is 14.3. The van der Waals surface area contributed by atoms with Crippen LogP contribution in [0.1, 0.15) is 45.6 Å². The molecule has 0 heterocycles. The maximum atomic E-state index is 12.4. The van der Waals surface area contributed by atoms with Crippen LogP contribution in [0.15, 0.2) is 35.9 Å². The van der Waals surface area contributed by atoms with Crippen LogP contribution in [0, 0.1) is 0 Å². The van der Waals surface area contributed by atoms with Crippen molar-refractivity contribution in [3.8, 4) is 0 Å². The number of amides is 1. The molecule has 0 unspecified atom stereocenters. The monoisotopic (exact) mass is 302 g/mol. The summed E-state index contributed by atoms with van der Waals surface area (Å²) in [5.41, 5.74) is 1.97. The number of rotatable bonds is 10. The Bertz CT molecular complexity index is 450. The molecule has 0 aliphatic carbocycles. The molecule has 1 rings (SSSR count). The van der Waals surface area contributed by atoms with E-state index in [0.29, 0.717) is 6.54 Å². The number of nitrogens with one attached hydrogen (secondary N) is 1. The van der Waals surface area contributed by atoms with E-state index in [1.165, 1.54) is 0 Å². The molecular formula is C19H30N2O. The summed E-state index contributed by atoms with van der Waals surface area (Å²) in [6, 6.07) is 10.1. The van der Waals surface area contributed by atoms with Crippen molar-refractivity contribution in [3.63, 3.8) is 0 Å². The number of likely N-dealkylation sites (N-methyl/N-ethyl adjacent to an activating group) is 1. The number of carbonyl (C=O) groups excluding carboxylic acids is 1. The van der Waals surface area contributed by atoms with Gasteiger partial charge in [-0.15, -0.1) is 0 Å². The summed E-state index contributed by atoms with van der Waals surface area (Å²) in [7, 11) is 0. The lowest BCUT2D eigenvalue weighted by molar-refractivity contribution is -0.117. The molecule has 0 aliphatic heterocycles. The zero-order chi connectivity index (χ0) is 16.2. The van der Waals surface area contributed by atoms with Crippen LogP contribution in [0.25, 0.3) is 6.08 Å². The van der Waals surface area contributed by atoms with Gasteiger partial charge in [-0.3, -0.25) is 4.79 Å². The fraction of sp³-hybridized carbons (Fsp3) is 0.526. The Morgan fingerprint density at radius 2 is 1.82 bits per heavy atom. The van der Waals surface area contributed by atoms with Crippen LogP contribution in [-0.2, 0) is 4.79 Å². The minimum Gasteiger partial charge on any atom is -0.351 e. The number of hydrogen-bond donors (Lipinski definition) is 1. The normalized spacial score (nSPS) is 11.7. The smallest absolute Gasteiger partial charge is 0.247 e. The highest BCUT2D eigenvalue weighted by molar-refractivity contribution is 5.97. The molecule has 0 saturated heterocycles. The molecule has 0 atom stereocenters. The molecule has 0 aliphatic rings. The fourth-order valence-corrected chi connectivity index (χ4v) is 2.35. The number of unbranched alkanes of at least 4 members (excludes halogenated alkanes) is 1. The third-order valence-electron chi connectivity index (χ3n) is 3.84. The van der Waals surface area contributed by atoms with Gasteiger partial charge in [-0.05, 0) is 37.6 Å². The number of benzene rings is 1. The van der Waals surface area contributed by atoms with E-state index in [0.717, 1.165) is 50.0 Å². The zero-order valence-corrected chi connectivity index (χ0v) is 14.3. The second-order valence-corrected chi connectivity index (χ2v) is 5.47. The Kier molecular flexibility index (Phi) is 9.24. The largest absolute Gasteiger partial charge is 0.351 e. The van der Waals surface area contributed by atoms with E-state index >= 15 is 0 Å². The Labute approximate surface area is 135 Å². The molecule has 3 nitrogen and oxygen atoms in total. The molecule has 0 bridgehead atoms. The van der Waals surface area contributed by atoms with Crippen molar-refractivity contribution in [2.24, 2.45) is 0 Å². The van der Waals surface area contributed by atoms with Gasteiger partial charge < -0.3 is 10.2 Å². The predicted octanol–water partition coefficient (Wildman–Crippen LogP) is 3.72. The first-order chi connectivity index (χ1) is 10.7. The molecule has 1 amide bonds. The maximum Gasteiger partial charge on any atom is 0.247 e. The summed E-state index contributed by atoms with van der Waals surface area (Å²) >= 11 is 0. The van der Waals surface area contributed by atoms with Crippen LogP contribution >= 0.6 is 0 Å². The molecule has 122 valence electrons. The molecule has 0 saturated carbocycles. The van der Waals surface area contributed by atoms with Gasteiger partial charge in [-0.2, -0.15) is 0 Å². The molecule has 0 radical (unpaired) electrons. The van der Waals surface area contributed by atoms with Crippen LogP contribution in [0.4, 0.5) is 0 Å². The average molecular weight is 302 g/mol. The highest BCUT2D eigenvalue weighted by Crippen LogP contribution is 2.13. The van der Waals surface area contributed by atoms with E-state index in [9.17, 15) is 4.79 Å². The van der Waals surface area contributed by atoms with Crippen molar-refractivity contribution in [2.75, 3.05) is 26.2 Å². The highest BCUT2D eigenvalue weighted by Gasteiger charge is 2.09. The Balaban J connectivity index is 2.63. The summed E-state index contributed by atoms with van der Waals surface area (Å²) in [5, 5.41) is 3.06. The minimum atomic E-state index is 0.0736. The summed E-state index contributed by atoms with van der Waals surface area (Å²) in [4.78, 5) is 14.7. The molecule has 1 aromatic carbocycles. The first kappa shape index (κ1) is 18.4. The van der Waals surface area contributed by atoms with Gasteiger partial charge in [-0.1, -0.05) is 57.5 Å². The summed E-state index contributed by atoms with van der Waals surface area (Å²) in [6.45, 7) is 10.1. The van der Waals surface area contributed by atoms with Crippen LogP contribution in [0.3, 0.4) is 0 Å². The molecule has 22 heavy (non-hydrogen) atoms. The van der Waals surface area contributed by atoms with E-state index in [2.05, 4.69) is 31.0 Å². The average Bonchev–Trinajstić information content (AvgIpc) is 2.56. The Morgan fingerprint density at radius 3 is 2.41 bits per heavy atom. The number of hydrogen-bond acceptors (Lipinski definition) is 2. The SMILES string of the molecule is CCCC/C(=C\c1ccccc1)C(=O)NCCN(CC)CC. The highest BCUT2D eigenvalue weighted by atomic mass is 16.1. The van der Waals surface area contributed by atoms with Gasteiger partial charge in [0.25, 0.3) is 0 Å². The number of carbonyl (C=O) groups is 1. The summed E-state index contributed by atoms with van der Waals surface area (Å²) in [5.74, 6) is 0.0736. The van der Waals surface area contributed by atoms with E-state index in [4.69, 9.17) is 0 Å². The van der Waals surface area contributed by atoms with Gasteiger partial charge in [0.05, 0.1) is 0 Å². The van der Waals surface area contributed by atoms with Crippen LogP contribution in [-0.4, -0.2) is 37.0 Å². The van der Waals surface area contributed by atoms with Crippen molar-refractivity contribution in [1.29, 1.82) is 0 Å². The topological polar surface area (TPSA) is 32.3 Å². The predicted molar refractivity (Wildman–Crippen MR) is 94.7 cm³/mol. The van der Waals surface area contributed by atoms with Crippen molar-refractivity contribution in [1.82, 2.24) is 10.2 Å². The quantitative estimate of drug-likeness (QED) is 0.668. The van der Waals surface area contributed by atoms with E-state index < -0.39 is 0 Å². The standard InChI is InChI=1S/C19H30N2O/c1-4-7-13-18(16-17-11-9-8-10-12-17)19(22)20-14-15-21(5-2)6-3/h8-12,16H,4-7,13-15H2,1-3H3,(H,20,22)/b18-16+. The van der Waals surface area contributed by atoms with E-state index in [1.807, 2.05) is 36.4 Å². The molecular weight excluding hydrogens is 272 g/mol. The third-order valence-corrected chi connectivity index (χ3v) is 3.84. The van der Waals surface area contributed by atoms with Gasteiger partial charge in [0.15, 0.2) is 0 Å². The van der Waals surface area contributed by atoms with E-state index in [1.54, 1.807) is 0 Å². The molecule has 0 aromatic heterocycles. The van der Waals surface area contributed by atoms with Crippen molar-refractivity contribution in [2.45, 2.75) is 40.0 Å². The molecule has 3 heteroatoms. The second-order valence-electron chi connectivity index (χ2n) is 5.47. The first-order valence-corrected chi connectivity index (χ1v) is 8.47. The van der Waals surface area contributed by atoms with Crippen LogP contribution in [0.2, 0.25) is 0 Å². The molecule has 1 N–H and O–H groups in total. The second kappa shape index (κ2) is 11.0. The van der Waals surface area contributed by atoms with Gasteiger partial charge in [-0.25, -0.2) is 0 Å².